The van der Waals surface area contributed by atoms with Crippen LogP contribution in [0.25, 0.3) is 5.69 Å². The molecule has 0 aliphatic rings. The van der Waals surface area contributed by atoms with Gasteiger partial charge in [-0.3, -0.25) is 4.90 Å². The highest BCUT2D eigenvalue weighted by atomic mass is 19.1. The molecule has 4 rings (SSSR count). The fraction of sp³-hybridized carbons (Fsp3) is 0.300. The van der Waals surface area contributed by atoms with Gasteiger partial charge in [-0.15, -0.1) is 0 Å². The average Bonchev–Trinajstić information content (AvgIpc) is 3.21. The number of aliphatic hydroxyl groups excluding tert-OH is 1. The van der Waals surface area contributed by atoms with Crippen LogP contribution in [0.5, 0.6) is 11.6 Å². The zero-order valence-corrected chi connectivity index (χ0v) is 21.4. The van der Waals surface area contributed by atoms with Gasteiger partial charge in [-0.25, -0.2) is 9.07 Å². The first-order valence-corrected chi connectivity index (χ1v) is 12.6. The molecule has 0 unspecified atom stereocenters. The minimum Gasteiger partial charge on any atom is -0.435 e. The Balaban J connectivity index is 1.53. The van der Waals surface area contributed by atoms with E-state index in [0.29, 0.717) is 25.6 Å². The molecule has 0 saturated heterocycles. The van der Waals surface area contributed by atoms with Crippen molar-refractivity contribution in [3.05, 3.63) is 108 Å². The van der Waals surface area contributed by atoms with Gasteiger partial charge in [-0.2, -0.15) is 5.10 Å². The summed E-state index contributed by atoms with van der Waals surface area (Å²) < 4.78 is 28.2. The van der Waals surface area contributed by atoms with Crippen LogP contribution in [0.2, 0.25) is 0 Å². The predicted molar refractivity (Wildman–Crippen MR) is 142 cm³/mol. The Morgan fingerprint density at radius 2 is 1.65 bits per heavy atom. The molecule has 0 aliphatic heterocycles. The third kappa shape index (κ3) is 7.26. The van der Waals surface area contributed by atoms with E-state index in [-0.39, 0.29) is 12.4 Å². The average molecular weight is 504 g/mol. The standard InChI is InChI=1S/C30H34FN3O3/c1-3-18-33(19-26(35)22-36-21-24-12-6-4-7-13-24)20-27-23(2)32-34(25-14-8-5-9-15-25)30(27)37-29-17-11-10-16-28(29)31/h4-17,26,35H,3,18-22H2,1-2H3/t26-/m0/s1. The summed E-state index contributed by atoms with van der Waals surface area (Å²) in [6, 6.07) is 25.9. The van der Waals surface area contributed by atoms with Crippen LogP contribution in [0.15, 0.2) is 84.9 Å². The van der Waals surface area contributed by atoms with Crippen molar-refractivity contribution >= 4 is 0 Å². The highest BCUT2D eigenvalue weighted by Gasteiger charge is 2.23. The molecule has 194 valence electrons. The summed E-state index contributed by atoms with van der Waals surface area (Å²) in [6.07, 6.45) is 0.253. The molecule has 0 spiro atoms. The van der Waals surface area contributed by atoms with Crippen molar-refractivity contribution in [2.75, 3.05) is 19.7 Å². The third-order valence-electron chi connectivity index (χ3n) is 5.99. The molecule has 3 aromatic carbocycles. The zero-order valence-electron chi connectivity index (χ0n) is 21.4. The lowest BCUT2D eigenvalue weighted by molar-refractivity contribution is 0.00845. The van der Waals surface area contributed by atoms with Crippen LogP contribution in [0.1, 0.15) is 30.2 Å². The van der Waals surface area contributed by atoms with Crippen molar-refractivity contribution in [1.29, 1.82) is 0 Å². The number of rotatable bonds is 13. The topological polar surface area (TPSA) is 59.8 Å². The summed E-state index contributed by atoms with van der Waals surface area (Å²) in [5.41, 5.74) is 3.52. The number of nitrogens with zero attached hydrogens (tertiary/aromatic N) is 3. The SMILES string of the molecule is CCCN(Cc1c(C)nn(-c2ccccc2)c1Oc1ccccc1F)C[C@H](O)COCc1ccccc1. The van der Waals surface area contributed by atoms with Crippen LogP contribution in [-0.4, -0.2) is 45.6 Å². The van der Waals surface area contributed by atoms with Crippen LogP contribution in [0.3, 0.4) is 0 Å². The predicted octanol–water partition coefficient (Wildman–Crippen LogP) is 5.90. The Morgan fingerprint density at radius 3 is 2.35 bits per heavy atom. The van der Waals surface area contributed by atoms with Gasteiger partial charge in [0, 0.05) is 13.1 Å². The smallest absolute Gasteiger partial charge is 0.227 e. The Bertz CT molecular complexity index is 1250. The third-order valence-corrected chi connectivity index (χ3v) is 5.99. The minimum atomic E-state index is -0.657. The lowest BCUT2D eigenvalue weighted by atomic mass is 10.2. The van der Waals surface area contributed by atoms with Gasteiger partial charge in [0.05, 0.1) is 36.3 Å². The summed E-state index contributed by atoms with van der Waals surface area (Å²) in [5, 5.41) is 15.5. The van der Waals surface area contributed by atoms with E-state index >= 15 is 0 Å². The molecule has 1 N–H and O–H groups in total. The van der Waals surface area contributed by atoms with Gasteiger partial charge in [0.1, 0.15) is 0 Å². The van der Waals surface area contributed by atoms with Crippen molar-refractivity contribution in [1.82, 2.24) is 14.7 Å². The van der Waals surface area contributed by atoms with E-state index in [1.54, 1.807) is 22.9 Å². The van der Waals surface area contributed by atoms with Crippen LogP contribution in [0, 0.1) is 12.7 Å². The van der Waals surface area contributed by atoms with E-state index in [1.807, 2.05) is 67.6 Å². The Hall–Kier alpha value is -3.52. The van der Waals surface area contributed by atoms with Gasteiger partial charge in [-0.1, -0.05) is 67.6 Å². The molecule has 1 atom stereocenters. The van der Waals surface area contributed by atoms with Gasteiger partial charge >= 0.3 is 0 Å². The maximum Gasteiger partial charge on any atom is 0.227 e. The van der Waals surface area contributed by atoms with E-state index in [2.05, 4.69) is 11.8 Å². The fourth-order valence-electron chi connectivity index (χ4n) is 4.21. The second-order valence-electron chi connectivity index (χ2n) is 9.04. The maximum atomic E-state index is 14.5. The quantitative estimate of drug-likeness (QED) is 0.246. The maximum absolute atomic E-state index is 14.5. The number of benzene rings is 3. The largest absolute Gasteiger partial charge is 0.435 e. The number of ether oxygens (including phenoxy) is 2. The Morgan fingerprint density at radius 1 is 0.973 bits per heavy atom. The molecule has 6 nitrogen and oxygen atoms in total. The molecular weight excluding hydrogens is 469 g/mol. The number of aromatic nitrogens is 2. The number of aliphatic hydroxyl groups is 1. The van der Waals surface area contributed by atoms with Crippen molar-refractivity contribution in [2.24, 2.45) is 0 Å². The highest BCUT2D eigenvalue weighted by Crippen LogP contribution is 2.32. The minimum absolute atomic E-state index is 0.136. The number of hydrogen-bond donors (Lipinski definition) is 1. The highest BCUT2D eigenvalue weighted by molar-refractivity contribution is 5.43. The number of halogens is 1. The molecule has 7 heteroatoms. The molecule has 0 aliphatic carbocycles. The van der Waals surface area contributed by atoms with Crippen LogP contribution >= 0.6 is 0 Å². The van der Waals surface area contributed by atoms with E-state index in [4.69, 9.17) is 14.6 Å². The van der Waals surface area contributed by atoms with E-state index in [9.17, 15) is 9.50 Å². The van der Waals surface area contributed by atoms with Gasteiger partial charge in [-0.05, 0) is 49.7 Å². The molecule has 1 heterocycles. The molecule has 0 radical (unpaired) electrons. The molecule has 4 aromatic rings. The van der Waals surface area contributed by atoms with Gasteiger partial charge < -0.3 is 14.6 Å². The Kier molecular flexibility index (Phi) is 9.43. The normalized spacial score (nSPS) is 12.1. The first-order chi connectivity index (χ1) is 18.0. The van der Waals surface area contributed by atoms with E-state index in [0.717, 1.165) is 35.5 Å². The Labute approximate surface area is 217 Å². The first kappa shape index (κ1) is 26.5. The summed E-state index contributed by atoms with van der Waals surface area (Å²) in [5.74, 6) is 0.158. The van der Waals surface area contributed by atoms with Crippen molar-refractivity contribution in [3.63, 3.8) is 0 Å². The van der Waals surface area contributed by atoms with Gasteiger partial charge in [0.25, 0.3) is 0 Å². The van der Waals surface area contributed by atoms with E-state index in [1.165, 1.54) is 6.07 Å². The fourth-order valence-corrected chi connectivity index (χ4v) is 4.21. The molecule has 0 amide bonds. The first-order valence-electron chi connectivity index (χ1n) is 12.6. The van der Waals surface area contributed by atoms with Crippen LogP contribution in [-0.2, 0) is 17.9 Å². The second-order valence-corrected chi connectivity index (χ2v) is 9.04. The molecular formula is C30H34FN3O3. The van der Waals surface area contributed by atoms with E-state index < -0.39 is 11.9 Å². The second kappa shape index (κ2) is 13.1. The monoisotopic (exact) mass is 503 g/mol. The summed E-state index contributed by atoms with van der Waals surface area (Å²) in [7, 11) is 0. The van der Waals surface area contributed by atoms with Crippen LogP contribution < -0.4 is 4.74 Å². The number of hydrogen-bond acceptors (Lipinski definition) is 5. The van der Waals surface area contributed by atoms with Crippen molar-refractivity contribution < 1.29 is 19.0 Å². The molecule has 0 fully saturated rings. The molecule has 1 aromatic heterocycles. The molecule has 0 bridgehead atoms. The van der Waals surface area contributed by atoms with Gasteiger partial charge in [0.2, 0.25) is 5.88 Å². The number of aryl methyl sites for hydroxylation is 1. The molecule has 0 saturated carbocycles. The molecule has 37 heavy (non-hydrogen) atoms. The van der Waals surface area contributed by atoms with Crippen LogP contribution in [0.4, 0.5) is 4.39 Å². The van der Waals surface area contributed by atoms with Crippen molar-refractivity contribution in [2.45, 2.75) is 39.5 Å². The lowest BCUT2D eigenvalue weighted by Gasteiger charge is -2.25. The summed E-state index contributed by atoms with van der Waals surface area (Å²) in [4.78, 5) is 2.16. The van der Waals surface area contributed by atoms with Gasteiger partial charge in [0.15, 0.2) is 11.6 Å². The van der Waals surface area contributed by atoms with Crippen molar-refractivity contribution in [3.8, 4) is 17.3 Å². The lowest BCUT2D eigenvalue weighted by Crippen LogP contribution is -2.35. The zero-order chi connectivity index (χ0) is 26.0. The number of para-hydroxylation sites is 2. The summed E-state index contributed by atoms with van der Waals surface area (Å²) >= 11 is 0. The summed E-state index contributed by atoms with van der Waals surface area (Å²) in [6.45, 7) is 6.40.